The third-order valence-corrected chi connectivity index (χ3v) is 5.01. The van der Waals surface area contributed by atoms with Crippen LogP contribution in [0.3, 0.4) is 0 Å². The highest BCUT2D eigenvalue weighted by atomic mass is 16.6. The van der Waals surface area contributed by atoms with Crippen LogP contribution in [-0.2, 0) is 9.59 Å². The smallest absolute Gasteiger partial charge is 0.313 e. The van der Waals surface area contributed by atoms with E-state index in [0.29, 0.717) is 42.9 Å². The summed E-state index contributed by atoms with van der Waals surface area (Å²) in [5.74, 6) is 0.898. The first-order valence-corrected chi connectivity index (χ1v) is 9.70. The van der Waals surface area contributed by atoms with Gasteiger partial charge in [0.1, 0.15) is 13.2 Å². The molecule has 1 saturated heterocycles. The van der Waals surface area contributed by atoms with Crippen molar-refractivity contribution in [3.8, 4) is 11.5 Å². The number of carbonyl (C=O) groups excluding carboxylic acids is 2. The molecule has 1 aromatic heterocycles. The maximum absolute atomic E-state index is 12.2. The highest BCUT2D eigenvalue weighted by Gasteiger charge is 2.23. The molecule has 0 aliphatic carbocycles. The number of aromatic nitrogens is 2. The predicted molar refractivity (Wildman–Crippen MR) is 106 cm³/mol. The number of hydrogen-bond donors (Lipinski definition) is 2. The summed E-state index contributed by atoms with van der Waals surface area (Å²) >= 11 is 0. The lowest BCUT2D eigenvalue weighted by molar-refractivity contribution is -0.136. The highest BCUT2D eigenvalue weighted by Crippen LogP contribution is 2.32. The Kier molecular flexibility index (Phi) is 5.73. The minimum atomic E-state index is -0.697. The predicted octanol–water partition coefficient (Wildman–Crippen LogP) is 1.22. The van der Waals surface area contributed by atoms with Crippen molar-refractivity contribution in [2.45, 2.75) is 12.8 Å². The van der Waals surface area contributed by atoms with E-state index in [1.165, 1.54) is 0 Å². The molecule has 0 unspecified atom stereocenters. The van der Waals surface area contributed by atoms with Crippen LogP contribution < -0.4 is 25.0 Å². The van der Waals surface area contributed by atoms with Gasteiger partial charge in [-0.25, -0.2) is 9.97 Å². The van der Waals surface area contributed by atoms with Crippen molar-refractivity contribution in [2.75, 3.05) is 43.1 Å². The van der Waals surface area contributed by atoms with Crippen molar-refractivity contribution >= 4 is 23.5 Å². The largest absolute Gasteiger partial charge is 0.486 e. The molecule has 0 bridgehead atoms. The molecule has 2 aromatic rings. The number of hydrogen-bond acceptors (Lipinski definition) is 7. The van der Waals surface area contributed by atoms with E-state index in [2.05, 4.69) is 25.5 Å². The normalized spacial score (nSPS) is 16.2. The van der Waals surface area contributed by atoms with Crippen molar-refractivity contribution in [3.05, 3.63) is 36.7 Å². The molecule has 2 aliphatic rings. The van der Waals surface area contributed by atoms with Crippen LogP contribution in [0.5, 0.6) is 11.5 Å². The number of anilines is 2. The van der Waals surface area contributed by atoms with Crippen LogP contribution in [0.15, 0.2) is 36.7 Å². The Morgan fingerprint density at radius 1 is 1.03 bits per heavy atom. The molecular formula is C20H23N5O4. The van der Waals surface area contributed by atoms with E-state index >= 15 is 0 Å². The Morgan fingerprint density at radius 2 is 1.76 bits per heavy atom. The van der Waals surface area contributed by atoms with Crippen molar-refractivity contribution in [3.63, 3.8) is 0 Å². The number of rotatable bonds is 4. The van der Waals surface area contributed by atoms with Gasteiger partial charge in [0.05, 0.1) is 0 Å². The summed E-state index contributed by atoms with van der Waals surface area (Å²) in [7, 11) is 0. The minimum absolute atomic E-state index is 0.320. The Labute approximate surface area is 168 Å². The minimum Gasteiger partial charge on any atom is -0.486 e. The zero-order valence-electron chi connectivity index (χ0n) is 16.0. The monoisotopic (exact) mass is 397 g/mol. The Morgan fingerprint density at radius 3 is 2.52 bits per heavy atom. The molecule has 0 radical (unpaired) electrons. The van der Waals surface area contributed by atoms with Gasteiger partial charge < -0.3 is 25.0 Å². The van der Waals surface area contributed by atoms with Crippen molar-refractivity contribution in [2.24, 2.45) is 5.92 Å². The second kappa shape index (κ2) is 8.76. The van der Waals surface area contributed by atoms with Gasteiger partial charge in [0.2, 0.25) is 5.95 Å². The summed E-state index contributed by atoms with van der Waals surface area (Å²) in [6, 6.07) is 6.84. The molecule has 4 rings (SSSR count). The maximum atomic E-state index is 12.2. The van der Waals surface area contributed by atoms with Crippen molar-refractivity contribution in [1.29, 1.82) is 0 Å². The number of fused-ring (bicyclic) bond motifs is 1. The molecule has 0 spiro atoms. The van der Waals surface area contributed by atoms with Crippen LogP contribution >= 0.6 is 0 Å². The molecule has 152 valence electrons. The van der Waals surface area contributed by atoms with Gasteiger partial charge >= 0.3 is 11.8 Å². The zero-order chi connectivity index (χ0) is 20.1. The fourth-order valence-corrected chi connectivity index (χ4v) is 3.42. The average Bonchev–Trinajstić information content (AvgIpc) is 2.78. The summed E-state index contributed by atoms with van der Waals surface area (Å²) in [4.78, 5) is 35.0. The Balaban J connectivity index is 1.22. The van der Waals surface area contributed by atoms with E-state index in [0.717, 1.165) is 31.9 Å². The number of benzene rings is 1. The SMILES string of the molecule is O=C(NCC1CCN(c2ncccn2)CC1)C(=O)Nc1ccc2c(c1)OCCO2. The van der Waals surface area contributed by atoms with E-state index in [9.17, 15) is 9.59 Å². The lowest BCUT2D eigenvalue weighted by Crippen LogP contribution is -2.42. The standard InChI is InChI=1S/C20H23N5O4/c26-18(19(27)24-15-2-3-16-17(12-15)29-11-10-28-16)23-13-14-4-8-25(9-5-14)20-21-6-1-7-22-20/h1-3,6-7,12,14H,4-5,8-11,13H2,(H,23,26)(H,24,27). The van der Waals surface area contributed by atoms with E-state index in [4.69, 9.17) is 9.47 Å². The molecular weight excluding hydrogens is 374 g/mol. The van der Waals surface area contributed by atoms with Gasteiger partial charge in [-0.05, 0) is 37.0 Å². The number of piperidine rings is 1. The van der Waals surface area contributed by atoms with Gasteiger partial charge in [-0.1, -0.05) is 0 Å². The maximum Gasteiger partial charge on any atom is 0.313 e. The van der Waals surface area contributed by atoms with E-state index in [-0.39, 0.29) is 0 Å². The first-order valence-electron chi connectivity index (χ1n) is 9.70. The second-order valence-electron chi connectivity index (χ2n) is 7.00. The molecule has 3 heterocycles. The molecule has 2 amide bonds. The molecule has 9 nitrogen and oxygen atoms in total. The molecule has 1 aromatic carbocycles. The van der Waals surface area contributed by atoms with Gasteiger partial charge in [0, 0.05) is 43.8 Å². The van der Waals surface area contributed by atoms with Gasteiger partial charge in [-0.15, -0.1) is 0 Å². The van der Waals surface area contributed by atoms with Gasteiger partial charge in [0.15, 0.2) is 11.5 Å². The second-order valence-corrected chi connectivity index (χ2v) is 7.00. The molecule has 1 fully saturated rings. The van der Waals surface area contributed by atoms with E-state index < -0.39 is 11.8 Å². The summed E-state index contributed by atoms with van der Waals surface area (Å²) in [6.45, 7) is 3.08. The number of ether oxygens (including phenoxy) is 2. The summed E-state index contributed by atoms with van der Waals surface area (Å²) in [5, 5.41) is 5.33. The van der Waals surface area contributed by atoms with E-state index in [1.54, 1.807) is 36.7 Å². The molecule has 2 aliphatic heterocycles. The number of amides is 2. The van der Waals surface area contributed by atoms with Gasteiger partial charge in [0.25, 0.3) is 0 Å². The average molecular weight is 397 g/mol. The quantitative estimate of drug-likeness (QED) is 0.747. The Hall–Kier alpha value is -3.36. The number of nitrogens with zero attached hydrogens (tertiary/aromatic N) is 3. The molecule has 0 saturated carbocycles. The lowest BCUT2D eigenvalue weighted by atomic mass is 9.97. The molecule has 2 N–H and O–H groups in total. The van der Waals surface area contributed by atoms with Crippen LogP contribution in [0.1, 0.15) is 12.8 Å². The van der Waals surface area contributed by atoms with Crippen LogP contribution in [0.2, 0.25) is 0 Å². The summed E-state index contributed by atoms with van der Waals surface area (Å²) in [5.41, 5.74) is 0.491. The van der Waals surface area contributed by atoms with Gasteiger partial charge in [-0.2, -0.15) is 0 Å². The Bertz CT molecular complexity index is 868. The van der Waals surface area contributed by atoms with Crippen LogP contribution in [0.4, 0.5) is 11.6 Å². The number of nitrogens with one attached hydrogen (secondary N) is 2. The van der Waals surface area contributed by atoms with Crippen LogP contribution in [0.25, 0.3) is 0 Å². The van der Waals surface area contributed by atoms with Crippen molar-refractivity contribution < 1.29 is 19.1 Å². The first-order chi connectivity index (χ1) is 14.2. The third-order valence-electron chi connectivity index (χ3n) is 5.01. The van der Waals surface area contributed by atoms with Crippen molar-refractivity contribution in [1.82, 2.24) is 15.3 Å². The fraction of sp³-hybridized carbons (Fsp3) is 0.400. The molecule has 9 heteroatoms. The zero-order valence-corrected chi connectivity index (χ0v) is 16.0. The lowest BCUT2D eigenvalue weighted by Gasteiger charge is -2.31. The van der Waals surface area contributed by atoms with Crippen LogP contribution in [0, 0.1) is 5.92 Å². The fourth-order valence-electron chi connectivity index (χ4n) is 3.42. The summed E-state index contributed by atoms with van der Waals surface area (Å²) < 4.78 is 10.9. The summed E-state index contributed by atoms with van der Waals surface area (Å²) in [6.07, 6.45) is 5.27. The van der Waals surface area contributed by atoms with Crippen LogP contribution in [-0.4, -0.2) is 54.6 Å². The third kappa shape index (κ3) is 4.74. The van der Waals surface area contributed by atoms with Gasteiger partial charge in [-0.3, -0.25) is 9.59 Å². The topological polar surface area (TPSA) is 106 Å². The number of carbonyl (C=O) groups is 2. The first kappa shape index (κ1) is 19.0. The highest BCUT2D eigenvalue weighted by molar-refractivity contribution is 6.39. The molecule has 29 heavy (non-hydrogen) atoms. The van der Waals surface area contributed by atoms with E-state index in [1.807, 2.05) is 0 Å². The molecule has 0 atom stereocenters.